The average Bonchev–Trinajstić information content (AvgIpc) is 2.79. The first kappa shape index (κ1) is 11.0. The molecular weight excluding hydrogens is 222 g/mol. The largest absolute Gasteiger partial charge is 0.383 e. The highest BCUT2D eigenvalue weighted by atomic mass is 32.1. The fraction of sp³-hybridized carbons (Fsp3) is 0.273. The number of hydrogen-bond donors (Lipinski definition) is 1. The van der Waals surface area contributed by atoms with E-state index in [-0.39, 0.29) is 0 Å². The Kier molecular flexibility index (Phi) is 3.85. The lowest BCUT2D eigenvalue weighted by Crippen LogP contribution is -2.06. The molecule has 0 saturated heterocycles. The number of nitrogens with one attached hydrogen (secondary N) is 1. The normalized spacial score (nSPS) is 10.3. The molecule has 2 aromatic rings. The van der Waals surface area contributed by atoms with Gasteiger partial charge in [-0.15, -0.1) is 11.3 Å². The number of aromatic nitrogens is 2. The molecule has 2 aromatic heterocycles. The van der Waals surface area contributed by atoms with E-state index in [9.17, 15) is 0 Å². The van der Waals surface area contributed by atoms with E-state index in [1.54, 1.807) is 24.6 Å². The van der Waals surface area contributed by atoms with Gasteiger partial charge in [0, 0.05) is 37.0 Å². The van der Waals surface area contributed by atoms with Crippen LogP contribution in [0, 0.1) is 0 Å². The number of nitrogens with zero attached hydrogens (tertiary/aromatic N) is 2. The molecule has 2 rings (SSSR count). The number of anilines is 1. The number of rotatable bonds is 5. The van der Waals surface area contributed by atoms with E-state index in [2.05, 4.69) is 15.3 Å². The second kappa shape index (κ2) is 5.58. The molecule has 1 N–H and O–H groups in total. The maximum Gasteiger partial charge on any atom is 0.183 e. The first-order valence-corrected chi connectivity index (χ1v) is 5.87. The van der Waals surface area contributed by atoms with Crippen molar-refractivity contribution in [3.8, 4) is 11.3 Å². The molecule has 84 valence electrons. The van der Waals surface area contributed by atoms with Gasteiger partial charge >= 0.3 is 0 Å². The highest BCUT2D eigenvalue weighted by Crippen LogP contribution is 2.23. The Bertz CT molecular complexity index is 430. The fourth-order valence-corrected chi connectivity index (χ4v) is 2.01. The topological polar surface area (TPSA) is 47.0 Å². The summed E-state index contributed by atoms with van der Waals surface area (Å²) in [4.78, 5) is 8.53. The van der Waals surface area contributed by atoms with E-state index in [0.29, 0.717) is 6.61 Å². The molecule has 16 heavy (non-hydrogen) atoms. The van der Waals surface area contributed by atoms with Gasteiger partial charge in [0.1, 0.15) is 0 Å². The van der Waals surface area contributed by atoms with Gasteiger partial charge in [-0.25, -0.2) is 4.98 Å². The van der Waals surface area contributed by atoms with Crippen molar-refractivity contribution in [3.05, 3.63) is 29.9 Å². The van der Waals surface area contributed by atoms with E-state index >= 15 is 0 Å². The SMILES string of the molecule is COCCNc1nc(-c2cccnc2)cs1. The first-order valence-electron chi connectivity index (χ1n) is 4.99. The third kappa shape index (κ3) is 2.77. The zero-order chi connectivity index (χ0) is 11.2. The number of ether oxygens (including phenoxy) is 1. The first-order chi connectivity index (χ1) is 7.90. The predicted octanol–water partition coefficient (Wildman–Crippen LogP) is 2.26. The summed E-state index contributed by atoms with van der Waals surface area (Å²) < 4.78 is 4.96. The van der Waals surface area contributed by atoms with Gasteiger partial charge in [-0.05, 0) is 12.1 Å². The van der Waals surface area contributed by atoms with Gasteiger partial charge in [0.2, 0.25) is 0 Å². The minimum Gasteiger partial charge on any atom is -0.383 e. The van der Waals surface area contributed by atoms with Crippen molar-refractivity contribution in [2.75, 3.05) is 25.6 Å². The molecule has 0 atom stereocenters. The molecule has 0 amide bonds. The van der Waals surface area contributed by atoms with E-state index in [1.165, 1.54) is 0 Å². The van der Waals surface area contributed by atoms with Crippen LogP contribution in [0.5, 0.6) is 0 Å². The summed E-state index contributed by atoms with van der Waals surface area (Å²) in [5.74, 6) is 0. The average molecular weight is 235 g/mol. The van der Waals surface area contributed by atoms with Gasteiger partial charge < -0.3 is 10.1 Å². The maximum absolute atomic E-state index is 4.96. The Hall–Kier alpha value is -1.46. The van der Waals surface area contributed by atoms with Crippen LogP contribution in [-0.2, 0) is 4.74 Å². The Morgan fingerprint density at radius 1 is 1.50 bits per heavy atom. The van der Waals surface area contributed by atoms with Crippen LogP contribution < -0.4 is 5.32 Å². The van der Waals surface area contributed by atoms with Crippen molar-refractivity contribution in [1.82, 2.24) is 9.97 Å². The molecule has 0 aromatic carbocycles. The molecule has 0 unspecified atom stereocenters. The van der Waals surface area contributed by atoms with Crippen LogP contribution >= 0.6 is 11.3 Å². The second-order valence-electron chi connectivity index (χ2n) is 3.20. The molecule has 0 aliphatic rings. The third-order valence-corrected chi connectivity index (χ3v) is 2.84. The van der Waals surface area contributed by atoms with Crippen LogP contribution in [0.15, 0.2) is 29.9 Å². The molecular formula is C11H13N3OS. The molecule has 0 aliphatic heterocycles. The smallest absolute Gasteiger partial charge is 0.183 e. The van der Waals surface area contributed by atoms with Crippen molar-refractivity contribution in [2.45, 2.75) is 0 Å². The lowest BCUT2D eigenvalue weighted by Gasteiger charge is -1.99. The van der Waals surface area contributed by atoms with E-state index in [0.717, 1.165) is 22.9 Å². The molecule has 0 radical (unpaired) electrons. The quantitative estimate of drug-likeness (QED) is 0.807. The van der Waals surface area contributed by atoms with Crippen LogP contribution in [0.4, 0.5) is 5.13 Å². The van der Waals surface area contributed by atoms with Crippen LogP contribution in [0.2, 0.25) is 0 Å². The summed E-state index contributed by atoms with van der Waals surface area (Å²) in [6.45, 7) is 1.46. The molecule has 0 bridgehead atoms. The summed E-state index contributed by atoms with van der Waals surface area (Å²) in [7, 11) is 1.69. The van der Waals surface area contributed by atoms with E-state index < -0.39 is 0 Å². The molecule has 4 nitrogen and oxygen atoms in total. The minimum atomic E-state index is 0.682. The van der Waals surface area contributed by atoms with Crippen LogP contribution in [0.1, 0.15) is 0 Å². The highest BCUT2D eigenvalue weighted by molar-refractivity contribution is 7.14. The van der Waals surface area contributed by atoms with Crippen LogP contribution in [0.3, 0.4) is 0 Å². The summed E-state index contributed by atoms with van der Waals surface area (Å²) in [6.07, 6.45) is 3.57. The Balaban J connectivity index is 2.02. The predicted molar refractivity (Wildman–Crippen MR) is 65.7 cm³/mol. The molecule has 2 heterocycles. The van der Waals surface area contributed by atoms with Crippen molar-refractivity contribution in [2.24, 2.45) is 0 Å². The summed E-state index contributed by atoms with van der Waals surface area (Å²) in [5.41, 5.74) is 2.00. The monoisotopic (exact) mass is 235 g/mol. The van der Waals surface area contributed by atoms with Crippen molar-refractivity contribution >= 4 is 16.5 Å². The number of pyridine rings is 1. The van der Waals surface area contributed by atoms with E-state index in [4.69, 9.17) is 4.74 Å². The number of methoxy groups -OCH3 is 1. The van der Waals surface area contributed by atoms with Crippen molar-refractivity contribution in [1.29, 1.82) is 0 Å². The van der Waals surface area contributed by atoms with Gasteiger partial charge in [0.15, 0.2) is 5.13 Å². The lowest BCUT2D eigenvalue weighted by molar-refractivity contribution is 0.211. The van der Waals surface area contributed by atoms with Crippen LogP contribution in [0.25, 0.3) is 11.3 Å². The summed E-state index contributed by atoms with van der Waals surface area (Å²) >= 11 is 1.59. The van der Waals surface area contributed by atoms with Gasteiger partial charge in [-0.3, -0.25) is 4.98 Å². The van der Waals surface area contributed by atoms with E-state index in [1.807, 2.05) is 23.7 Å². The van der Waals surface area contributed by atoms with Crippen molar-refractivity contribution in [3.63, 3.8) is 0 Å². The van der Waals surface area contributed by atoms with Gasteiger partial charge in [0.05, 0.1) is 12.3 Å². The third-order valence-electron chi connectivity index (χ3n) is 2.04. The zero-order valence-corrected chi connectivity index (χ0v) is 9.83. The van der Waals surface area contributed by atoms with Gasteiger partial charge in [-0.2, -0.15) is 0 Å². The Morgan fingerprint density at radius 3 is 3.19 bits per heavy atom. The van der Waals surface area contributed by atoms with Crippen molar-refractivity contribution < 1.29 is 4.74 Å². The summed E-state index contributed by atoms with van der Waals surface area (Å²) in [5, 5.41) is 6.13. The zero-order valence-electron chi connectivity index (χ0n) is 9.01. The molecule has 0 spiro atoms. The maximum atomic E-state index is 4.96. The molecule has 5 heteroatoms. The standard InChI is InChI=1S/C11H13N3OS/c1-15-6-5-13-11-14-10(8-16-11)9-3-2-4-12-7-9/h2-4,7-8H,5-6H2,1H3,(H,13,14). The number of thiazole rings is 1. The van der Waals surface area contributed by atoms with Gasteiger partial charge in [-0.1, -0.05) is 0 Å². The molecule has 0 aliphatic carbocycles. The van der Waals surface area contributed by atoms with Crippen LogP contribution in [-0.4, -0.2) is 30.2 Å². The Labute approximate surface area is 98.3 Å². The minimum absolute atomic E-state index is 0.682. The second-order valence-corrected chi connectivity index (χ2v) is 4.06. The summed E-state index contributed by atoms with van der Waals surface area (Å²) in [6, 6.07) is 3.91. The lowest BCUT2D eigenvalue weighted by atomic mass is 10.2. The highest BCUT2D eigenvalue weighted by Gasteiger charge is 2.03. The molecule has 0 fully saturated rings. The molecule has 0 saturated carbocycles. The number of hydrogen-bond acceptors (Lipinski definition) is 5. The van der Waals surface area contributed by atoms with Gasteiger partial charge in [0.25, 0.3) is 0 Å². The fourth-order valence-electron chi connectivity index (χ4n) is 1.26. The Morgan fingerprint density at radius 2 is 2.44 bits per heavy atom.